The van der Waals surface area contributed by atoms with Gasteiger partial charge in [-0.15, -0.1) is 0 Å². The maximum Gasteiger partial charge on any atom is 0.141 e. The molecule has 2 N–H and O–H groups in total. The SMILES string of the molecule is NCC#Cc1cc(F)ccc1OCc1ccc(F)c(Cl)c1. The van der Waals surface area contributed by atoms with Crippen LogP contribution < -0.4 is 10.5 Å². The average Bonchev–Trinajstić information content (AvgIpc) is 2.47. The van der Waals surface area contributed by atoms with Crippen LogP contribution in [0, 0.1) is 23.5 Å². The molecule has 0 bridgehead atoms. The first kappa shape index (κ1) is 15.3. The highest BCUT2D eigenvalue weighted by Gasteiger charge is 2.06. The van der Waals surface area contributed by atoms with Gasteiger partial charge in [0.1, 0.15) is 24.0 Å². The molecule has 0 heterocycles. The lowest BCUT2D eigenvalue weighted by molar-refractivity contribution is 0.304. The number of hydrogen-bond acceptors (Lipinski definition) is 2. The molecule has 0 aliphatic heterocycles. The Morgan fingerprint density at radius 3 is 2.67 bits per heavy atom. The van der Waals surface area contributed by atoms with E-state index in [1.807, 2.05) is 0 Å². The van der Waals surface area contributed by atoms with E-state index in [2.05, 4.69) is 11.8 Å². The highest BCUT2D eigenvalue weighted by molar-refractivity contribution is 6.30. The van der Waals surface area contributed by atoms with E-state index >= 15 is 0 Å². The number of halogens is 3. The number of rotatable bonds is 3. The topological polar surface area (TPSA) is 35.2 Å². The normalized spacial score (nSPS) is 9.90. The quantitative estimate of drug-likeness (QED) is 0.881. The van der Waals surface area contributed by atoms with Crippen molar-refractivity contribution in [2.24, 2.45) is 5.73 Å². The Morgan fingerprint density at radius 1 is 1.14 bits per heavy atom. The summed E-state index contributed by atoms with van der Waals surface area (Å²) in [6, 6.07) is 8.35. The summed E-state index contributed by atoms with van der Waals surface area (Å²) in [6.07, 6.45) is 0. The van der Waals surface area contributed by atoms with Gasteiger partial charge in [-0.05, 0) is 35.9 Å². The van der Waals surface area contributed by atoms with Crippen molar-refractivity contribution >= 4 is 11.6 Å². The van der Waals surface area contributed by atoms with Gasteiger partial charge in [-0.1, -0.05) is 29.5 Å². The first-order valence-corrected chi connectivity index (χ1v) is 6.53. The molecule has 2 rings (SSSR count). The molecule has 0 aliphatic rings. The monoisotopic (exact) mass is 307 g/mol. The molecule has 0 fully saturated rings. The van der Waals surface area contributed by atoms with E-state index in [0.29, 0.717) is 16.9 Å². The van der Waals surface area contributed by atoms with Crippen LogP contribution in [0.4, 0.5) is 8.78 Å². The second kappa shape index (κ2) is 7.07. The summed E-state index contributed by atoms with van der Waals surface area (Å²) in [5.74, 6) is 4.92. The number of benzene rings is 2. The average molecular weight is 308 g/mol. The summed E-state index contributed by atoms with van der Waals surface area (Å²) < 4.78 is 31.9. The van der Waals surface area contributed by atoms with Gasteiger partial charge in [-0.3, -0.25) is 0 Å². The third-order valence-corrected chi connectivity index (χ3v) is 2.93. The van der Waals surface area contributed by atoms with E-state index in [0.717, 1.165) is 0 Å². The van der Waals surface area contributed by atoms with Crippen LogP contribution in [0.3, 0.4) is 0 Å². The molecular formula is C16H12ClF2NO. The standard InChI is InChI=1S/C16H12ClF2NO/c17-14-8-11(3-5-15(14)19)10-21-16-6-4-13(18)9-12(16)2-1-7-20/h3-6,8-9H,7,10,20H2. The lowest BCUT2D eigenvalue weighted by atomic mass is 10.2. The fraction of sp³-hybridized carbons (Fsp3) is 0.125. The van der Waals surface area contributed by atoms with E-state index in [1.165, 1.54) is 30.3 Å². The molecule has 2 nitrogen and oxygen atoms in total. The molecule has 0 unspecified atom stereocenters. The maximum absolute atomic E-state index is 13.2. The van der Waals surface area contributed by atoms with Crippen molar-refractivity contribution in [1.29, 1.82) is 0 Å². The van der Waals surface area contributed by atoms with Crippen LogP contribution in [0.15, 0.2) is 36.4 Å². The Labute approximate surface area is 126 Å². The van der Waals surface area contributed by atoms with Gasteiger partial charge >= 0.3 is 0 Å². The molecule has 0 aromatic heterocycles. The third kappa shape index (κ3) is 4.19. The zero-order chi connectivity index (χ0) is 15.2. The molecule has 0 radical (unpaired) electrons. The molecule has 0 amide bonds. The number of nitrogens with two attached hydrogens (primary N) is 1. The molecule has 0 aliphatic carbocycles. The van der Waals surface area contributed by atoms with E-state index in [-0.39, 0.29) is 18.2 Å². The molecule has 2 aromatic rings. The van der Waals surface area contributed by atoms with Crippen LogP contribution in [0.25, 0.3) is 0 Å². The predicted octanol–water partition coefficient (Wildman–Crippen LogP) is 3.51. The van der Waals surface area contributed by atoms with Crippen molar-refractivity contribution in [1.82, 2.24) is 0 Å². The molecule has 0 saturated heterocycles. The number of ether oxygens (including phenoxy) is 1. The van der Waals surface area contributed by atoms with Crippen LogP contribution in [-0.2, 0) is 6.61 Å². The van der Waals surface area contributed by atoms with Crippen molar-refractivity contribution in [2.45, 2.75) is 6.61 Å². The van der Waals surface area contributed by atoms with E-state index in [4.69, 9.17) is 22.1 Å². The molecule has 21 heavy (non-hydrogen) atoms. The van der Waals surface area contributed by atoms with Gasteiger partial charge in [0.25, 0.3) is 0 Å². The highest BCUT2D eigenvalue weighted by atomic mass is 35.5. The van der Waals surface area contributed by atoms with Gasteiger partial charge in [0, 0.05) is 0 Å². The van der Waals surface area contributed by atoms with Crippen LogP contribution in [0.1, 0.15) is 11.1 Å². The smallest absolute Gasteiger partial charge is 0.141 e. The predicted molar refractivity (Wildman–Crippen MR) is 78.1 cm³/mol. The molecule has 0 saturated carbocycles. The summed E-state index contributed by atoms with van der Waals surface area (Å²) in [7, 11) is 0. The van der Waals surface area contributed by atoms with Crippen molar-refractivity contribution in [3.63, 3.8) is 0 Å². The van der Waals surface area contributed by atoms with Crippen LogP contribution in [0.5, 0.6) is 5.75 Å². The Kier molecular flexibility index (Phi) is 5.15. The molecule has 108 valence electrons. The van der Waals surface area contributed by atoms with Crippen molar-refractivity contribution in [3.8, 4) is 17.6 Å². The summed E-state index contributed by atoms with van der Waals surface area (Å²) in [4.78, 5) is 0. The first-order chi connectivity index (χ1) is 10.1. The zero-order valence-electron chi connectivity index (χ0n) is 11.0. The molecule has 5 heteroatoms. The molecule has 0 atom stereocenters. The van der Waals surface area contributed by atoms with Crippen LogP contribution in [-0.4, -0.2) is 6.54 Å². The minimum atomic E-state index is -0.489. The summed E-state index contributed by atoms with van der Waals surface area (Å²) in [5.41, 5.74) is 6.41. The minimum Gasteiger partial charge on any atom is -0.488 e. The first-order valence-electron chi connectivity index (χ1n) is 6.15. The minimum absolute atomic E-state index is 0.0263. The highest BCUT2D eigenvalue weighted by Crippen LogP contribution is 2.21. The summed E-state index contributed by atoms with van der Waals surface area (Å²) >= 11 is 5.70. The summed E-state index contributed by atoms with van der Waals surface area (Å²) in [6.45, 7) is 0.340. The van der Waals surface area contributed by atoms with Gasteiger partial charge in [0.05, 0.1) is 17.1 Å². The van der Waals surface area contributed by atoms with Gasteiger partial charge < -0.3 is 10.5 Å². The maximum atomic E-state index is 13.2. The Morgan fingerprint density at radius 2 is 1.95 bits per heavy atom. The van der Waals surface area contributed by atoms with Crippen LogP contribution >= 0.6 is 11.6 Å². The van der Waals surface area contributed by atoms with Crippen molar-refractivity contribution in [2.75, 3.05) is 6.54 Å². The zero-order valence-corrected chi connectivity index (χ0v) is 11.8. The fourth-order valence-electron chi connectivity index (χ4n) is 1.66. The van der Waals surface area contributed by atoms with E-state index in [1.54, 1.807) is 6.07 Å². The van der Waals surface area contributed by atoms with Crippen molar-refractivity contribution in [3.05, 3.63) is 64.2 Å². The van der Waals surface area contributed by atoms with Gasteiger partial charge in [-0.2, -0.15) is 0 Å². The lowest BCUT2D eigenvalue weighted by Crippen LogP contribution is -1.99. The van der Waals surface area contributed by atoms with Gasteiger partial charge in [0.2, 0.25) is 0 Å². The third-order valence-electron chi connectivity index (χ3n) is 2.65. The largest absolute Gasteiger partial charge is 0.488 e. The Hall–Kier alpha value is -2.09. The Balaban J connectivity index is 2.17. The van der Waals surface area contributed by atoms with E-state index < -0.39 is 11.6 Å². The van der Waals surface area contributed by atoms with E-state index in [9.17, 15) is 8.78 Å². The van der Waals surface area contributed by atoms with Gasteiger partial charge in [0.15, 0.2) is 0 Å². The second-order valence-electron chi connectivity index (χ2n) is 4.18. The van der Waals surface area contributed by atoms with Crippen LogP contribution in [0.2, 0.25) is 5.02 Å². The molecule has 0 spiro atoms. The fourth-order valence-corrected chi connectivity index (χ4v) is 1.87. The molecular weight excluding hydrogens is 296 g/mol. The Bertz CT molecular complexity index is 707. The summed E-state index contributed by atoms with van der Waals surface area (Å²) in [5, 5.41) is 0.0263. The van der Waals surface area contributed by atoms with Gasteiger partial charge in [-0.25, -0.2) is 8.78 Å². The second-order valence-corrected chi connectivity index (χ2v) is 4.59. The molecule has 2 aromatic carbocycles. The number of hydrogen-bond donors (Lipinski definition) is 1. The lowest BCUT2D eigenvalue weighted by Gasteiger charge is -2.09. The van der Waals surface area contributed by atoms with Crippen molar-refractivity contribution < 1.29 is 13.5 Å².